The maximum Gasteiger partial charge on any atom is 0.255 e. The summed E-state index contributed by atoms with van der Waals surface area (Å²) in [7, 11) is 0. The number of imide groups is 1. The Bertz CT molecular complexity index is 898. The summed E-state index contributed by atoms with van der Waals surface area (Å²) in [6.45, 7) is 4.79. The fourth-order valence-corrected chi connectivity index (χ4v) is 4.96. The van der Waals surface area contributed by atoms with Crippen LogP contribution in [-0.2, 0) is 32.2 Å². The summed E-state index contributed by atoms with van der Waals surface area (Å²) in [4.78, 5) is 37.9. The molecule has 9 nitrogen and oxygen atoms in total. The van der Waals surface area contributed by atoms with Gasteiger partial charge in [0.1, 0.15) is 11.6 Å². The van der Waals surface area contributed by atoms with Gasteiger partial charge in [-0.05, 0) is 36.6 Å². The molecule has 3 unspecified atom stereocenters. The van der Waals surface area contributed by atoms with E-state index in [1.54, 1.807) is 4.90 Å². The van der Waals surface area contributed by atoms with Gasteiger partial charge in [0.05, 0.1) is 19.3 Å². The molecule has 1 aromatic carbocycles. The first-order valence-electron chi connectivity index (χ1n) is 11.0. The van der Waals surface area contributed by atoms with Crippen LogP contribution < -0.4 is 16.0 Å². The van der Waals surface area contributed by atoms with Crippen molar-refractivity contribution in [2.24, 2.45) is 0 Å². The molecule has 9 heteroatoms. The van der Waals surface area contributed by atoms with Crippen LogP contribution in [0.25, 0.3) is 0 Å². The third-order valence-corrected chi connectivity index (χ3v) is 6.58. The molecular formula is C22H28N4O5. The fourth-order valence-electron chi connectivity index (χ4n) is 4.96. The Morgan fingerprint density at radius 3 is 2.97 bits per heavy atom. The quantitative estimate of drug-likeness (QED) is 0.552. The van der Waals surface area contributed by atoms with Crippen molar-refractivity contribution in [3.8, 4) is 0 Å². The zero-order valence-corrected chi connectivity index (χ0v) is 17.4. The predicted octanol–water partition coefficient (Wildman–Crippen LogP) is -0.315. The van der Waals surface area contributed by atoms with Crippen LogP contribution in [0.1, 0.15) is 40.7 Å². The highest BCUT2D eigenvalue weighted by atomic mass is 16.6. The van der Waals surface area contributed by atoms with E-state index in [0.29, 0.717) is 44.8 Å². The molecule has 4 aliphatic rings. The Hall–Kier alpha value is -2.33. The minimum Gasteiger partial charge on any atom is -0.376 e. The molecule has 166 valence electrons. The van der Waals surface area contributed by atoms with Gasteiger partial charge in [0.2, 0.25) is 11.8 Å². The number of hydrogen-bond acceptors (Lipinski definition) is 7. The van der Waals surface area contributed by atoms with E-state index in [2.05, 4.69) is 16.0 Å². The van der Waals surface area contributed by atoms with Gasteiger partial charge >= 0.3 is 0 Å². The van der Waals surface area contributed by atoms with Gasteiger partial charge in [0.25, 0.3) is 5.91 Å². The number of rotatable bonds is 5. The Balaban J connectivity index is 1.17. The number of fused-ring (bicyclic) bond motifs is 1. The molecule has 0 aliphatic carbocycles. The van der Waals surface area contributed by atoms with Crippen LogP contribution in [0.3, 0.4) is 0 Å². The molecule has 0 bridgehead atoms. The number of hydrogen-bond donors (Lipinski definition) is 3. The van der Waals surface area contributed by atoms with Crippen molar-refractivity contribution in [3.63, 3.8) is 0 Å². The van der Waals surface area contributed by atoms with Gasteiger partial charge < -0.3 is 25.0 Å². The van der Waals surface area contributed by atoms with Crippen LogP contribution in [0.5, 0.6) is 0 Å². The van der Waals surface area contributed by atoms with Gasteiger partial charge in [-0.25, -0.2) is 0 Å². The second kappa shape index (κ2) is 8.31. The zero-order chi connectivity index (χ0) is 21.4. The SMILES string of the molecule is O=C1CCC(N2Cc3cc(CNCC4COCC5(CCNC5)O4)ccc3C2=O)C(=O)N1. The van der Waals surface area contributed by atoms with E-state index in [9.17, 15) is 14.4 Å². The van der Waals surface area contributed by atoms with E-state index in [1.165, 1.54) is 0 Å². The summed E-state index contributed by atoms with van der Waals surface area (Å²) in [5.74, 6) is -0.808. The van der Waals surface area contributed by atoms with Gasteiger partial charge in [-0.1, -0.05) is 12.1 Å². The van der Waals surface area contributed by atoms with Crippen LogP contribution in [0.15, 0.2) is 18.2 Å². The van der Waals surface area contributed by atoms with Gasteiger partial charge in [-0.15, -0.1) is 0 Å². The first-order chi connectivity index (χ1) is 15.0. The first kappa shape index (κ1) is 20.6. The highest BCUT2D eigenvalue weighted by Crippen LogP contribution is 2.29. The lowest BCUT2D eigenvalue weighted by atomic mass is 10.0. The highest BCUT2D eigenvalue weighted by molar-refractivity contribution is 6.05. The van der Waals surface area contributed by atoms with Gasteiger partial charge in [0.15, 0.2) is 0 Å². The van der Waals surface area contributed by atoms with E-state index in [-0.39, 0.29) is 35.8 Å². The normalized spacial score (nSPS) is 30.7. The number of nitrogens with zero attached hydrogens (tertiary/aromatic N) is 1. The highest BCUT2D eigenvalue weighted by Gasteiger charge is 2.41. The second-order valence-corrected chi connectivity index (χ2v) is 8.89. The standard InChI is InChI=1S/C22H28N4O5/c27-19-4-3-18(20(28)25-19)26-10-15-7-14(1-2-17(15)21(26)29)8-24-9-16-11-30-13-22(31-16)5-6-23-12-22/h1-2,7,16,18,23-24H,3-6,8-13H2,(H,25,27,28). The number of carbonyl (C=O) groups is 3. The van der Waals surface area contributed by atoms with Crippen LogP contribution in [0, 0.1) is 0 Å². The van der Waals surface area contributed by atoms with E-state index in [1.807, 2.05) is 18.2 Å². The average Bonchev–Trinajstić information content (AvgIpc) is 3.32. The van der Waals surface area contributed by atoms with Gasteiger partial charge in [-0.2, -0.15) is 0 Å². The molecular weight excluding hydrogens is 400 g/mol. The second-order valence-electron chi connectivity index (χ2n) is 8.89. The smallest absolute Gasteiger partial charge is 0.255 e. The Kier molecular flexibility index (Phi) is 5.51. The summed E-state index contributed by atoms with van der Waals surface area (Å²) in [5, 5.41) is 9.12. The van der Waals surface area contributed by atoms with Gasteiger partial charge in [0, 0.05) is 38.2 Å². The molecule has 0 radical (unpaired) electrons. The summed E-state index contributed by atoms with van der Waals surface area (Å²) < 4.78 is 12.1. The minimum atomic E-state index is -0.583. The maximum atomic E-state index is 12.8. The molecule has 5 rings (SSSR count). The maximum absolute atomic E-state index is 12.8. The van der Waals surface area contributed by atoms with E-state index >= 15 is 0 Å². The van der Waals surface area contributed by atoms with Crippen molar-refractivity contribution in [1.82, 2.24) is 20.9 Å². The molecule has 3 N–H and O–H groups in total. The molecule has 1 spiro atoms. The Morgan fingerprint density at radius 2 is 2.16 bits per heavy atom. The monoisotopic (exact) mass is 428 g/mol. The summed E-state index contributed by atoms with van der Waals surface area (Å²) >= 11 is 0. The average molecular weight is 428 g/mol. The summed E-state index contributed by atoms with van der Waals surface area (Å²) in [6.07, 6.45) is 1.63. The first-order valence-corrected chi connectivity index (χ1v) is 11.0. The molecule has 1 aromatic rings. The van der Waals surface area contributed by atoms with E-state index in [4.69, 9.17) is 9.47 Å². The third-order valence-electron chi connectivity index (χ3n) is 6.58. The minimum absolute atomic E-state index is 0.0210. The number of benzene rings is 1. The van der Waals surface area contributed by atoms with Crippen molar-refractivity contribution >= 4 is 17.7 Å². The van der Waals surface area contributed by atoms with E-state index < -0.39 is 6.04 Å². The van der Waals surface area contributed by atoms with Crippen LogP contribution in [-0.4, -0.2) is 73.2 Å². The molecule has 31 heavy (non-hydrogen) atoms. The van der Waals surface area contributed by atoms with Crippen LogP contribution >= 0.6 is 0 Å². The van der Waals surface area contributed by atoms with Gasteiger partial charge in [-0.3, -0.25) is 19.7 Å². The molecule has 3 saturated heterocycles. The summed E-state index contributed by atoms with van der Waals surface area (Å²) in [6, 6.07) is 5.21. The van der Waals surface area contributed by atoms with Crippen molar-refractivity contribution < 1.29 is 23.9 Å². The summed E-state index contributed by atoms with van der Waals surface area (Å²) in [5.41, 5.74) is 2.44. The van der Waals surface area contributed by atoms with E-state index in [0.717, 1.165) is 30.6 Å². The molecule has 4 aliphatic heterocycles. The molecule has 3 amide bonds. The zero-order valence-electron chi connectivity index (χ0n) is 17.4. The van der Waals surface area contributed by atoms with Crippen LogP contribution in [0.2, 0.25) is 0 Å². The Labute approximate surface area is 180 Å². The van der Waals surface area contributed by atoms with Crippen molar-refractivity contribution in [2.45, 2.75) is 50.1 Å². The number of carbonyl (C=O) groups excluding carboxylic acids is 3. The van der Waals surface area contributed by atoms with Crippen molar-refractivity contribution in [1.29, 1.82) is 0 Å². The molecule has 3 atom stereocenters. The predicted molar refractivity (Wildman–Crippen MR) is 110 cm³/mol. The number of nitrogens with one attached hydrogen (secondary N) is 3. The molecule has 0 saturated carbocycles. The topological polar surface area (TPSA) is 109 Å². The number of amides is 3. The Morgan fingerprint density at radius 1 is 1.26 bits per heavy atom. The molecule has 0 aromatic heterocycles. The van der Waals surface area contributed by atoms with Crippen molar-refractivity contribution in [3.05, 3.63) is 34.9 Å². The number of ether oxygens (including phenoxy) is 2. The lowest BCUT2D eigenvalue weighted by Crippen LogP contribution is -2.52. The lowest BCUT2D eigenvalue weighted by molar-refractivity contribution is -0.187. The lowest BCUT2D eigenvalue weighted by Gasteiger charge is -2.38. The van der Waals surface area contributed by atoms with Crippen LogP contribution in [0.4, 0.5) is 0 Å². The molecule has 3 fully saturated rings. The largest absolute Gasteiger partial charge is 0.376 e. The number of piperidine rings is 1. The third kappa shape index (κ3) is 4.10. The van der Waals surface area contributed by atoms with Crippen molar-refractivity contribution in [2.75, 3.05) is 32.8 Å². The molecule has 4 heterocycles. The fraction of sp³-hybridized carbons (Fsp3) is 0.591.